The smallest absolute Gasteiger partial charge is 0.0124 e. The molecule has 14 heavy (non-hydrogen) atoms. The summed E-state index contributed by atoms with van der Waals surface area (Å²) in [5.74, 6) is 2.21. The third-order valence-corrected chi connectivity index (χ3v) is 2.57. The zero-order valence-corrected chi connectivity index (χ0v) is 8.87. The topological polar surface area (TPSA) is 0 Å². The Kier molecular flexibility index (Phi) is 3.52. The van der Waals surface area contributed by atoms with Crippen LogP contribution in [0.4, 0.5) is 0 Å². The van der Waals surface area contributed by atoms with Crippen LogP contribution in [0.15, 0.2) is 24.3 Å². The molecule has 1 aliphatic rings. The Hall–Kier alpha value is -0.430. The van der Waals surface area contributed by atoms with Gasteiger partial charge >= 0.3 is 0 Å². The molecule has 0 aliphatic heterocycles. The molecule has 0 amide bonds. The number of rotatable bonds is 3. The van der Waals surface area contributed by atoms with Crippen LogP contribution in [0.3, 0.4) is 0 Å². The van der Waals surface area contributed by atoms with Gasteiger partial charge in [0, 0.05) is 5.92 Å². The molecule has 0 N–H and O–H groups in total. The van der Waals surface area contributed by atoms with Crippen molar-refractivity contribution < 1.29 is 0 Å². The van der Waals surface area contributed by atoms with Gasteiger partial charge in [-0.3, -0.25) is 0 Å². The molecular formula is C13H13S. The predicted octanol–water partition coefficient (Wildman–Crippen LogP) is 2.91. The summed E-state index contributed by atoms with van der Waals surface area (Å²) in [6.45, 7) is 0. The lowest BCUT2D eigenvalue weighted by Crippen LogP contribution is -1.95. The Balaban J connectivity index is 2.05. The average molecular weight is 201 g/mol. The highest BCUT2D eigenvalue weighted by Crippen LogP contribution is 2.29. The Bertz CT molecular complexity index is 270. The standard InChI is InChI=1S/C13H13S/c14-10-9-11-5-7-13(8-6-11)12-3-1-2-4-12/h1-8,14H,9-10H2. The van der Waals surface area contributed by atoms with Crippen molar-refractivity contribution in [2.45, 2.75) is 6.42 Å². The third-order valence-electron chi connectivity index (χ3n) is 2.35. The molecule has 71 valence electrons. The normalized spacial score (nSPS) is 17.5. The maximum atomic E-state index is 4.22. The van der Waals surface area contributed by atoms with E-state index in [1.807, 2.05) is 0 Å². The van der Waals surface area contributed by atoms with Crippen LogP contribution in [-0.4, -0.2) is 5.75 Å². The molecule has 0 atom stereocenters. The van der Waals surface area contributed by atoms with Crippen molar-refractivity contribution in [2.75, 3.05) is 5.75 Å². The minimum absolute atomic E-state index is 0.912. The molecule has 0 saturated heterocycles. The van der Waals surface area contributed by atoms with E-state index >= 15 is 0 Å². The van der Waals surface area contributed by atoms with E-state index < -0.39 is 0 Å². The summed E-state index contributed by atoms with van der Waals surface area (Å²) < 4.78 is 0. The molecule has 0 nitrogen and oxygen atoms in total. The fourth-order valence-corrected chi connectivity index (χ4v) is 1.82. The minimum atomic E-state index is 0.912. The first-order valence-electron chi connectivity index (χ1n) is 4.82. The first-order chi connectivity index (χ1) is 6.90. The summed E-state index contributed by atoms with van der Waals surface area (Å²) in [6.07, 6.45) is 9.44. The van der Waals surface area contributed by atoms with Crippen LogP contribution in [0.25, 0.3) is 0 Å². The molecule has 1 aromatic carbocycles. The van der Waals surface area contributed by atoms with Crippen LogP contribution < -0.4 is 0 Å². The summed E-state index contributed by atoms with van der Waals surface area (Å²) in [7, 11) is 0. The highest BCUT2D eigenvalue weighted by molar-refractivity contribution is 7.80. The first-order valence-corrected chi connectivity index (χ1v) is 5.45. The lowest BCUT2D eigenvalue weighted by molar-refractivity contribution is 1.15. The van der Waals surface area contributed by atoms with Gasteiger partial charge in [0.05, 0.1) is 0 Å². The molecule has 0 bridgehead atoms. The zero-order valence-electron chi connectivity index (χ0n) is 7.98. The molecule has 2 rings (SSSR count). The van der Waals surface area contributed by atoms with Crippen LogP contribution in [0.5, 0.6) is 0 Å². The second-order valence-corrected chi connectivity index (χ2v) is 3.79. The van der Waals surface area contributed by atoms with Crippen molar-refractivity contribution >= 4 is 12.6 Å². The van der Waals surface area contributed by atoms with E-state index in [0.717, 1.165) is 12.2 Å². The molecule has 1 aromatic rings. The van der Waals surface area contributed by atoms with Crippen LogP contribution >= 0.6 is 12.6 Å². The second-order valence-electron chi connectivity index (χ2n) is 3.34. The van der Waals surface area contributed by atoms with Crippen molar-refractivity contribution in [3.8, 4) is 0 Å². The van der Waals surface area contributed by atoms with Crippen molar-refractivity contribution in [1.29, 1.82) is 0 Å². The van der Waals surface area contributed by atoms with Crippen molar-refractivity contribution in [3.05, 3.63) is 67.0 Å². The molecule has 0 heterocycles. The maximum absolute atomic E-state index is 4.22. The van der Waals surface area contributed by atoms with Crippen molar-refractivity contribution in [3.63, 3.8) is 0 Å². The van der Waals surface area contributed by atoms with E-state index in [1.54, 1.807) is 0 Å². The summed E-state index contributed by atoms with van der Waals surface area (Å²) in [5, 5.41) is 0. The van der Waals surface area contributed by atoms with Gasteiger partial charge in [-0.1, -0.05) is 24.3 Å². The minimum Gasteiger partial charge on any atom is -0.179 e. The summed E-state index contributed by atoms with van der Waals surface area (Å²) >= 11 is 4.22. The summed E-state index contributed by atoms with van der Waals surface area (Å²) in [6, 6.07) is 8.71. The molecule has 0 aromatic heterocycles. The van der Waals surface area contributed by atoms with Gasteiger partial charge in [0.1, 0.15) is 0 Å². The lowest BCUT2D eigenvalue weighted by atomic mass is 9.96. The second kappa shape index (κ2) is 4.88. The monoisotopic (exact) mass is 201 g/mol. The summed E-state index contributed by atoms with van der Waals surface area (Å²) in [5.41, 5.74) is 2.65. The number of aryl methyl sites for hydroxylation is 1. The third kappa shape index (κ3) is 2.33. The molecule has 1 heteroatoms. The fourth-order valence-electron chi connectivity index (χ4n) is 1.56. The summed E-state index contributed by atoms with van der Waals surface area (Å²) in [4.78, 5) is 0. The molecule has 0 unspecified atom stereocenters. The average Bonchev–Trinajstić information content (AvgIpc) is 2.72. The Morgan fingerprint density at radius 1 is 0.929 bits per heavy atom. The lowest BCUT2D eigenvalue weighted by Gasteiger charge is -2.08. The Morgan fingerprint density at radius 2 is 1.57 bits per heavy atom. The Labute approximate surface area is 92.1 Å². The van der Waals surface area contributed by atoms with Gasteiger partial charge in [-0.05, 0) is 49.0 Å². The molecule has 5 radical (unpaired) electrons. The predicted molar refractivity (Wildman–Crippen MR) is 63.5 cm³/mol. The van der Waals surface area contributed by atoms with Crippen LogP contribution in [-0.2, 0) is 6.42 Å². The molecule has 1 fully saturated rings. The van der Waals surface area contributed by atoms with Gasteiger partial charge < -0.3 is 0 Å². The van der Waals surface area contributed by atoms with Crippen LogP contribution in [0.1, 0.15) is 11.1 Å². The van der Waals surface area contributed by atoms with E-state index in [9.17, 15) is 0 Å². The first kappa shape index (κ1) is 10.1. The van der Waals surface area contributed by atoms with Crippen molar-refractivity contribution in [1.82, 2.24) is 0 Å². The number of thiol groups is 1. The molecule has 1 aliphatic carbocycles. The number of benzene rings is 1. The van der Waals surface area contributed by atoms with E-state index in [2.05, 4.69) is 62.6 Å². The van der Waals surface area contributed by atoms with Crippen LogP contribution in [0.2, 0.25) is 0 Å². The fraction of sp³-hybridized carbons (Fsp3) is 0.154. The SMILES string of the molecule is SCCc1ccc([C]2[CH][CH][CH][CH]2)cc1. The van der Waals surface area contributed by atoms with Crippen molar-refractivity contribution in [2.24, 2.45) is 0 Å². The van der Waals surface area contributed by atoms with Gasteiger partial charge in [0.15, 0.2) is 0 Å². The highest BCUT2D eigenvalue weighted by atomic mass is 32.1. The van der Waals surface area contributed by atoms with Gasteiger partial charge in [0.25, 0.3) is 0 Å². The number of hydrogen-bond acceptors (Lipinski definition) is 1. The van der Waals surface area contributed by atoms with E-state index in [1.165, 1.54) is 17.0 Å². The van der Waals surface area contributed by atoms with E-state index in [4.69, 9.17) is 0 Å². The van der Waals surface area contributed by atoms with Gasteiger partial charge in [0.2, 0.25) is 0 Å². The van der Waals surface area contributed by atoms with Gasteiger partial charge in [-0.2, -0.15) is 12.6 Å². The number of hydrogen-bond donors (Lipinski definition) is 1. The largest absolute Gasteiger partial charge is 0.179 e. The van der Waals surface area contributed by atoms with Gasteiger partial charge in [-0.25, -0.2) is 0 Å². The molecule has 1 saturated carbocycles. The molecule has 0 spiro atoms. The highest BCUT2D eigenvalue weighted by Gasteiger charge is 2.18. The van der Waals surface area contributed by atoms with E-state index in [-0.39, 0.29) is 0 Å². The Morgan fingerprint density at radius 3 is 2.14 bits per heavy atom. The van der Waals surface area contributed by atoms with Gasteiger partial charge in [-0.15, -0.1) is 0 Å². The quantitative estimate of drug-likeness (QED) is 0.714. The van der Waals surface area contributed by atoms with Crippen LogP contribution in [0, 0.1) is 31.6 Å². The zero-order chi connectivity index (χ0) is 9.80. The van der Waals surface area contributed by atoms with E-state index in [0.29, 0.717) is 0 Å². The molecular weight excluding hydrogens is 188 g/mol. The maximum Gasteiger partial charge on any atom is 0.0124 e.